The van der Waals surface area contributed by atoms with Crippen LogP contribution in [0.2, 0.25) is 0 Å². The maximum Gasteiger partial charge on any atom is 0.416 e. The minimum atomic E-state index is -4.38. The van der Waals surface area contributed by atoms with Crippen LogP contribution < -0.4 is 15.5 Å². The van der Waals surface area contributed by atoms with Gasteiger partial charge in [0, 0.05) is 24.5 Å². The molecule has 0 spiro atoms. The first kappa shape index (κ1) is 19.5. The fraction of sp³-hybridized carbons (Fsp3) is 0.350. The second-order valence-electron chi connectivity index (χ2n) is 6.68. The molecule has 0 radical (unpaired) electrons. The van der Waals surface area contributed by atoms with Crippen LogP contribution in [0, 0.1) is 0 Å². The normalized spacial score (nSPS) is 15.5. The van der Waals surface area contributed by atoms with Gasteiger partial charge in [0.1, 0.15) is 0 Å². The molecule has 27 heavy (non-hydrogen) atoms. The molecule has 144 valence electrons. The van der Waals surface area contributed by atoms with Gasteiger partial charge >= 0.3 is 6.18 Å². The van der Waals surface area contributed by atoms with Gasteiger partial charge in [0.25, 0.3) is 0 Å². The van der Waals surface area contributed by atoms with Crippen LogP contribution in [-0.2, 0) is 6.18 Å². The number of anilines is 2. The first-order valence-electron chi connectivity index (χ1n) is 8.92. The summed E-state index contributed by atoms with van der Waals surface area (Å²) in [7, 11) is 0. The Morgan fingerprint density at radius 1 is 1.07 bits per heavy atom. The predicted octanol–water partition coefficient (Wildman–Crippen LogP) is 5.35. The molecule has 0 aliphatic carbocycles. The van der Waals surface area contributed by atoms with Crippen molar-refractivity contribution in [2.75, 3.05) is 23.3 Å². The number of rotatable bonds is 4. The van der Waals surface area contributed by atoms with Crippen molar-refractivity contribution in [2.45, 2.75) is 32.0 Å². The van der Waals surface area contributed by atoms with Gasteiger partial charge in [0.2, 0.25) is 0 Å². The third kappa shape index (κ3) is 5.13. The molecule has 1 aliphatic rings. The van der Waals surface area contributed by atoms with Gasteiger partial charge in [0.05, 0.1) is 11.6 Å². The van der Waals surface area contributed by atoms with Crippen molar-refractivity contribution in [3.63, 3.8) is 0 Å². The Morgan fingerprint density at radius 3 is 2.37 bits per heavy atom. The van der Waals surface area contributed by atoms with Crippen molar-refractivity contribution in [3.05, 3.63) is 59.7 Å². The topological polar surface area (TPSA) is 27.3 Å². The van der Waals surface area contributed by atoms with Gasteiger partial charge in [-0.3, -0.25) is 0 Å². The molecule has 2 N–H and O–H groups in total. The lowest BCUT2D eigenvalue weighted by Crippen LogP contribution is -2.31. The minimum Gasteiger partial charge on any atom is -0.372 e. The largest absolute Gasteiger partial charge is 0.416 e. The van der Waals surface area contributed by atoms with Crippen molar-refractivity contribution >= 4 is 28.7 Å². The first-order valence-corrected chi connectivity index (χ1v) is 9.33. The number of nitrogens with zero attached hydrogens (tertiary/aromatic N) is 1. The average Bonchev–Trinajstić information content (AvgIpc) is 3.16. The van der Waals surface area contributed by atoms with E-state index < -0.39 is 11.7 Å². The minimum absolute atomic E-state index is 0.0663. The summed E-state index contributed by atoms with van der Waals surface area (Å²) in [5, 5.41) is 6.22. The number of hydrogen-bond donors (Lipinski definition) is 2. The Morgan fingerprint density at radius 2 is 1.74 bits per heavy atom. The molecule has 0 saturated carbocycles. The van der Waals surface area contributed by atoms with Crippen LogP contribution in [-0.4, -0.2) is 18.2 Å². The van der Waals surface area contributed by atoms with E-state index in [0.717, 1.165) is 30.8 Å². The Bertz CT molecular complexity index is 784. The second-order valence-corrected chi connectivity index (χ2v) is 7.09. The zero-order valence-electron chi connectivity index (χ0n) is 15.0. The molecule has 1 aliphatic heterocycles. The van der Waals surface area contributed by atoms with E-state index in [1.807, 2.05) is 6.92 Å². The van der Waals surface area contributed by atoms with Crippen LogP contribution >= 0.6 is 12.2 Å². The standard InChI is InChI=1S/C20H22F3N3S/c1-14(15-7-9-18(10-8-15)26-11-2-3-12-26)24-19(27)25-17-6-4-5-16(13-17)20(21,22)23/h4-10,13-14H,2-3,11-12H2,1H3,(H2,24,25,27)/t14-/m0/s1. The molecule has 1 fully saturated rings. The van der Waals surface area contributed by atoms with Gasteiger partial charge in [-0.05, 0) is 67.9 Å². The van der Waals surface area contributed by atoms with Crippen molar-refractivity contribution in [1.82, 2.24) is 5.32 Å². The van der Waals surface area contributed by atoms with Crippen molar-refractivity contribution in [1.29, 1.82) is 0 Å². The van der Waals surface area contributed by atoms with E-state index >= 15 is 0 Å². The molecule has 0 unspecified atom stereocenters. The molecule has 3 nitrogen and oxygen atoms in total. The maximum atomic E-state index is 12.8. The SMILES string of the molecule is C[C@H](NC(=S)Nc1cccc(C(F)(F)F)c1)c1ccc(N2CCCC2)cc1. The van der Waals surface area contributed by atoms with Crippen LogP contribution in [0.15, 0.2) is 48.5 Å². The molecule has 7 heteroatoms. The molecule has 1 heterocycles. The Labute approximate surface area is 162 Å². The number of alkyl halides is 3. The summed E-state index contributed by atoms with van der Waals surface area (Å²) >= 11 is 5.25. The third-order valence-corrected chi connectivity index (χ3v) is 4.88. The highest BCUT2D eigenvalue weighted by Gasteiger charge is 2.30. The highest BCUT2D eigenvalue weighted by Crippen LogP contribution is 2.30. The number of halogens is 3. The predicted molar refractivity (Wildman–Crippen MR) is 107 cm³/mol. The summed E-state index contributed by atoms with van der Waals surface area (Å²) < 4.78 is 38.4. The fourth-order valence-electron chi connectivity index (χ4n) is 3.17. The van der Waals surface area contributed by atoms with E-state index in [4.69, 9.17) is 12.2 Å². The van der Waals surface area contributed by atoms with E-state index in [2.05, 4.69) is 39.8 Å². The fourth-order valence-corrected chi connectivity index (χ4v) is 3.46. The monoisotopic (exact) mass is 393 g/mol. The third-order valence-electron chi connectivity index (χ3n) is 4.66. The molecule has 1 saturated heterocycles. The Balaban J connectivity index is 1.59. The lowest BCUT2D eigenvalue weighted by atomic mass is 10.1. The van der Waals surface area contributed by atoms with Crippen molar-refractivity contribution in [3.8, 4) is 0 Å². The van der Waals surface area contributed by atoms with Crippen LogP contribution in [0.1, 0.15) is 36.9 Å². The molecular weight excluding hydrogens is 371 g/mol. The zero-order valence-corrected chi connectivity index (χ0v) is 15.8. The van der Waals surface area contributed by atoms with Crippen LogP contribution in [0.5, 0.6) is 0 Å². The number of hydrogen-bond acceptors (Lipinski definition) is 2. The molecule has 0 bridgehead atoms. The molecule has 2 aromatic rings. The molecule has 1 atom stereocenters. The molecule has 2 aromatic carbocycles. The Kier molecular flexibility index (Phi) is 5.89. The van der Waals surface area contributed by atoms with Crippen LogP contribution in [0.4, 0.5) is 24.5 Å². The lowest BCUT2D eigenvalue weighted by molar-refractivity contribution is -0.137. The second kappa shape index (κ2) is 8.17. The summed E-state index contributed by atoms with van der Waals surface area (Å²) in [4.78, 5) is 2.36. The summed E-state index contributed by atoms with van der Waals surface area (Å²) in [5.41, 5.74) is 1.87. The van der Waals surface area contributed by atoms with Crippen molar-refractivity contribution < 1.29 is 13.2 Å². The summed E-state index contributed by atoms with van der Waals surface area (Å²) in [6, 6.07) is 13.2. The highest BCUT2D eigenvalue weighted by molar-refractivity contribution is 7.80. The quantitative estimate of drug-likeness (QED) is 0.685. The van der Waals surface area contributed by atoms with Gasteiger partial charge in [-0.25, -0.2) is 0 Å². The summed E-state index contributed by atoms with van der Waals surface area (Å²) in [6.07, 6.45) is -1.92. The van der Waals surface area contributed by atoms with Gasteiger partial charge in [-0.1, -0.05) is 18.2 Å². The van der Waals surface area contributed by atoms with Gasteiger partial charge in [0.15, 0.2) is 5.11 Å². The van der Waals surface area contributed by atoms with E-state index in [9.17, 15) is 13.2 Å². The van der Waals surface area contributed by atoms with Gasteiger partial charge < -0.3 is 15.5 Å². The number of nitrogens with one attached hydrogen (secondary N) is 2. The van der Waals surface area contributed by atoms with Gasteiger partial charge in [-0.2, -0.15) is 13.2 Å². The van der Waals surface area contributed by atoms with Crippen molar-refractivity contribution in [2.24, 2.45) is 0 Å². The van der Waals surface area contributed by atoms with Crippen LogP contribution in [0.3, 0.4) is 0 Å². The van der Waals surface area contributed by atoms with E-state index in [1.54, 1.807) is 6.07 Å². The molecular formula is C20H22F3N3S. The zero-order chi connectivity index (χ0) is 19.4. The van der Waals surface area contributed by atoms with E-state index in [-0.39, 0.29) is 11.2 Å². The number of thiocarbonyl (C=S) groups is 1. The average molecular weight is 393 g/mol. The van der Waals surface area contributed by atoms with Gasteiger partial charge in [-0.15, -0.1) is 0 Å². The van der Waals surface area contributed by atoms with E-state index in [0.29, 0.717) is 5.69 Å². The molecule has 3 rings (SSSR count). The Hall–Kier alpha value is -2.28. The lowest BCUT2D eigenvalue weighted by Gasteiger charge is -2.20. The first-order chi connectivity index (χ1) is 12.8. The summed E-state index contributed by atoms with van der Waals surface area (Å²) in [5.74, 6) is 0. The summed E-state index contributed by atoms with van der Waals surface area (Å²) in [6.45, 7) is 4.15. The molecule has 0 aromatic heterocycles. The smallest absolute Gasteiger partial charge is 0.372 e. The van der Waals surface area contributed by atoms with Crippen LogP contribution in [0.25, 0.3) is 0 Å². The maximum absolute atomic E-state index is 12.8. The number of benzene rings is 2. The highest BCUT2D eigenvalue weighted by atomic mass is 32.1. The molecule has 0 amide bonds. The van der Waals surface area contributed by atoms with E-state index in [1.165, 1.54) is 24.6 Å².